The highest BCUT2D eigenvalue weighted by Crippen LogP contribution is 2.35. The molecular formula is C23H18N6O3S. The molecule has 6 rings (SSSR count). The number of benzene rings is 1. The Labute approximate surface area is 192 Å². The second kappa shape index (κ2) is 8.14. The van der Waals surface area contributed by atoms with Crippen molar-refractivity contribution in [3.63, 3.8) is 0 Å². The quantitative estimate of drug-likeness (QED) is 0.398. The number of nitrogens with one attached hydrogen (secondary N) is 1. The summed E-state index contributed by atoms with van der Waals surface area (Å²) in [5.74, 6) is 0.249. The van der Waals surface area contributed by atoms with E-state index in [2.05, 4.69) is 20.4 Å². The molecule has 0 spiro atoms. The molecule has 0 unspecified atom stereocenters. The molecule has 33 heavy (non-hydrogen) atoms. The number of aromatic nitrogens is 4. The second-order valence-corrected chi connectivity index (χ2v) is 8.59. The zero-order valence-corrected chi connectivity index (χ0v) is 18.2. The van der Waals surface area contributed by atoms with Crippen LogP contribution in [0.25, 0.3) is 33.3 Å². The van der Waals surface area contributed by atoms with Gasteiger partial charge in [-0.3, -0.25) is 10.1 Å². The minimum absolute atomic E-state index is 0.0121. The predicted molar refractivity (Wildman–Crippen MR) is 124 cm³/mol. The number of rotatable bonds is 5. The molecule has 164 valence electrons. The van der Waals surface area contributed by atoms with Gasteiger partial charge in [0.1, 0.15) is 0 Å². The number of carbonyl (C=O) groups excluding carboxylic acids is 1. The summed E-state index contributed by atoms with van der Waals surface area (Å²) in [5.41, 5.74) is 2.59. The lowest BCUT2D eigenvalue weighted by atomic mass is 10.1. The van der Waals surface area contributed by atoms with Crippen molar-refractivity contribution in [2.75, 3.05) is 23.3 Å². The molecule has 0 bridgehead atoms. The smallest absolute Gasteiger partial charge is 0.322 e. The maximum atomic E-state index is 13.3. The Hall–Kier alpha value is -4.05. The average molecular weight is 459 g/mol. The summed E-state index contributed by atoms with van der Waals surface area (Å²) < 4.78 is 11.5. The van der Waals surface area contributed by atoms with Gasteiger partial charge in [0.2, 0.25) is 0 Å². The van der Waals surface area contributed by atoms with Gasteiger partial charge in [-0.05, 0) is 31.0 Å². The summed E-state index contributed by atoms with van der Waals surface area (Å²) >= 11 is 1.48. The normalized spacial score (nSPS) is 13.6. The summed E-state index contributed by atoms with van der Waals surface area (Å²) in [6.45, 7) is 1.93. The van der Waals surface area contributed by atoms with Crippen molar-refractivity contribution in [1.82, 2.24) is 20.2 Å². The van der Waals surface area contributed by atoms with E-state index in [4.69, 9.17) is 18.8 Å². The van der Waals surface area contributed by atoms with Crippen molar-refractivity contribution < 1.29 is 13.6 Å². The number of hydrogen-bond donors (Lipinski definition) is 1. The summed E-state index contributed by atoms with van der Waals surface area (Å²) in [6.07, 6.45) is 3.79. The number of nitrogens with zero attached hydrogens (tertiary/aromatic N) is 5. The van der Waals surface area contributed by atoms with Gasteiger partial charge in [0.25, 0.3) is 11.8 Å². The molecule has 1 fully saturated rings. The number of furan rings is 1. The van der Waals surface area contributed by atoms with Crippen molar-refractivity contribution in [3.05, 3.63) is 60.4 Å². The first-order valence-electron chi connectivity index (χ1n) is 10.6. The molecule has 1 aliphatic heterocycles. The fraction of sp³-hybridized carbons (Fsp3) is 0.174. The Morgan fingerprint density at radius 3 is 2.67 bits per heavy atom. The Morgan fingerprint density at radius 1 is 1.03 bits per heavy atom. The van der Waals surface area contributed by atoms with Gasteiger partial charge in [0, 0.05) is 18.7 Å². The standard InChI is InChI=1S/C23H18N6O3S/c30-20(26-22-28-27-21(32-22)17-9-6-12-31-17)15-13-16(14-7-2-1-3-8-14)24-19-18(15)33-23(25-19)29-10-4-5-11-29/h1-3,6-9,12-13H,4-5,10-11H2,(H,26,28,30). The Bertz CT molecular complexity index is 1420. The molecule has 4 aromatic heterocycles. The van der Waals surface area contributed by atoms with Crippen LogP contribution in [0.4, 0.5) is 11.1 Å². The van der Waals surface area contributed by atoms with Crippen LogP contribution in [0.2, 0.25) is 0 Å². The topological polar surface area (TPSA) is 110 Å². The fourth-order valence-corrected chi connectivity index (χ4v) is 4.88. The van der Waals surface area contributed by atoms with Crippen molar-refractivity contribution in [2.45, 2.75) is 12.8 Å². The number of pyridine rings is 1. The van der Waals surface area contributed by atoms with Crippen LogP contribution in [-0.2, 0) is 0 Å². The number of fused-ring (bicyclic) bond motifs is 1. The first kappa shape index (κ1) is 19.6. The monoisotopic (exact) mass is 458 g/mol. The fourth-order valence-electron chi connectivity index (χ4n) is 3.81. The van der Waals surface area contributed by atoms with Gasteiger partial charge in [-0.1, -0.05) is 46.8 Å². The summed E-state index contributed by atoms with van der Waals surface area (Å²) in [7, 11) is 0. The van der Waals surface area contributed by atoms with Crippen LogP contribution in [-0.4, -0.2) is 39.2 Å². The lowest BCUT2D eigenvalue weighted by Crippen LogP contribution is -2.16. The molecule has 1 saturated heterocycles. The maximum Gasteiger partial charge on any atom is 0.322 e. The minimum atomic E-state index is -0.370. The highest BCUT2D eigenvalue weighted by molar-refractivity contribution is 7.22. The van der Waals surface area contributed by atoms with Gasteiger partial charge >= 0.3 is 6.01 Å². The van der Waals surface area contributed by atoms with Crippen LogP contribution in [0.1, 0.15) is 23.2 Å². The van der Waals surface area contributed by atoms with Crippen LogP contribution in [0.5, 0.6) is 0 Å². The van der Waals surface area contributed by atoms with Crippen molar-refractivity contribution >= 4 is 38.7 Å². The van der Waals surface area contributed by atoms with E-state index < -0.39 is 0 Å². The molecule has 1 aromatic carbocycles. The lowest BCUT2D eigenvalue weighted by Gasteiger charge is -2.11. The third kappa shape index (κ3) is 3.74. The van der Waals surface area contributed by atoms with E-state index in [9.17, 15) is 4.79 Å². The molecule has 5 aromatic rings. The minimum Gasteiger partial charge on any atom is -0.459 e. The summed E-state index contributed by atoms with van der Waals surface area (Å²) in [4.78, 5) is 25.1. The highest BCUT2D eigenvalue weighted by Gasteiger charge is 2.23. The van der Waals surface area contributed by atoms with E-state index in [1.54, 1.807) is 18.2 Å². The molecule has 0 radical (unpaired) electrons. The Balaban J connectivity index is 1.39. The van der Waals surface area contributed by atoms with E-state index in [0.29, 0.717) is 22.7 Å². The average Bonchev–Trinajstić information content (AvgIpc) is 3.64. The number of thiazole rings is 1. The Morgan fingerprint density at radius 2 is 1.88 bits per heavy atom. The first-order chi connectivity index (χ1) is 16.2. The molecule has 1 aliphatic rings. The van der Waals surface area contributed by atoms with Crippen LogP contribution in [0.15, 0.2) is 63.6 Å². The largest absolute Gasteiger partial charge is 0.459 e. The highest BCUT2D eigenvalue weighted by atomic mass is 32.1. The molecule has 1 amide bonds. The molecule has 0 saturated carbocycles. The molecule has 0 aliphatic carbocycles. The van der Waals surface area contributed by atoms with E-state index in [0.717, 1.165) is 41.3 Å². The van der Waals surface area contributed by atoms with E-state index in [1.165, 1.54) is 17.6 Å². The number of hydrogen-bond acceptors (Lipinski definition) is 9. The van der Waals surface area contributed by atoms with Gasteiger partial charge in [0.05, 0.1) is 22.2 Å². The van der Waals surface area contributed by atoms with Crippen LogP contribution < -0.4 is 10.2 Å². The molecule has 0 atom stereocenters. The zero-order chi connectivity index (χ0) is 22.2. The van der Waals surface area contributed by atoms with Crippen LogP contribution in [0.3, 0.4) is 0 Å². The van der Waals surface area contributed by atoms with Gasteiger partial charge in [-0.2, -0.15) is 4.98 Å². The van der Waals surface area contributed by atoms with Crippen LogP contribution in [0, 0.1) is 0 Å². The second-order valence-electron chi connectivity index (χ2n) is 7.61. The summed E-state index contributed by atoms with van der Waals surface area (Å²) in [6, 6.07) is 14.9. The van der Waals surface area contributed by atoms with Gasteiger partial charge in [-0.15, -0.1) is 5.10 Å². The van der Waals surface area contributed by atoms with E-state index >= 15 is 0 Å². The van der Waals surface area contributed by atoms with Crippen LogP contribution >= 0.6 is 11.3 Å². The molecule has 10 heteroatoms. The Kier molecular flexibility index (Phi) is 4.84. The van der Waals surface area contributed by atoms with E-state index in [1.807, 2.05) is 30.3 Å². The van der Waals surface area contributed by atoms with Crippen molar-refractivity contribution in [3.8, 4) is 22.9 Å². The zero-order valence-electron chi connectivity index (χ0n) is 17.4. The van der Waals surface area contributed by atoms with Gasteiger partial charge in [-0.25, -0.2) is 4.98 Å². The molecule has 1 N–H and O–H groups in total. The first-order valence-corrected chi connectivity index (χ1v) is 11.4. The number of carbonyl (C=O) groups is 1. The SMILES string of the molecule is O=C(Nc1nnc(-c2ccco2)o1)c1cc(-c2ccccc2)nc2nc(N3CCCC3)sc12. The van der Waals surface area contributed by atoms with E-state index in [-0.39, 0.29) is 17.8 Å². The molecule has 9 nitrogen and oxygen atoms in total. The predicted octanol–water partition coefficient (Wildman–Crippen LogP) is 4.85. The molecular weight excluding hydrogens is 440 g/mol. The summed E-state index contributed by atoms with van der Waals surface area (Å²) in [5, 5.41) is 11.4. The van der Waals surface area contributed by atoms with Crippen molar-refractivity contribution in [1.29, 1.82) is 0 Å². The van der Waals surface area contributed by atoms with Crippen molar-refractivity contribution in [2.24, 2.45) is 0 Å². The van der Waals surface area contributed by atoms with Gasteiger partial charge in [0.15, 0.2) is 16.5 Å². The maximum absolute atomic E-state index is 13.3. The third-order valence-electron chi connectivity index (χ3n) is 5.42. The lowest BCUT2D eigenvalue weighted by molar-refractivity contribution is 0.102. The molecule has 5 heterocycles. The number of anilines is 2. The number of amides is 1. The van der Waals surface area contributed by atoms with Gasteiger partial charge < -0.3 is 13.7 Å². The third-order valence-corrected chi connectivity index (χ3v) is 6.56.